The number of hydrogen-bond donors (Lipinski definition) is 2. The van der Waals surface area contributed by atoms with Crippen LogP contribution in [0.15, 0.2) is 48.7 Å². The van der Waals surface area contributed by atoms with E-state index in [9.17, 15) is 4.79 Å². The van der Waals surface area contributed by atoms with Gasteiger partial charge >= 0.3 is 0 Å². The zero-order valence-electron chi connectivity index (χ0n) is 11.4. The van der Waals surface area contributed by atoms with Crippen LogP contribution in [0.4, 0.5) is 5.95 Å². The van der Waals surface area contributed by atoms with E-state index >= 15 is 0 Å². The monoisotopic (exact) mass is 296 g/mol. The van der Waals surface area contributed by atoms with E-state index in [1.807, 2.05) is 30.3 Å². The van der Waals surface area contributed by atoms with Crippen molar-refractivity contribution in [2.45, 2.75) is 6.61 Å². The summed E-state index contributed by atoms with van der Waals surface area (Å²) in [5.41, 5.74) is 1.41. The molecule has 8 nitrogen and oxygen atoms in total. The van der Waals surface area contributed by atoms with Crippen LogP contribution in [0.2, 0.25) is 0 Å². The van der Waals surface area contributed by atoms with Crippen molar-refractivity contribution in [3.05, 3.63) is 59.8 Å². The van der Waals surface area contributed by atoms with E-state index in [0.29, 0.717) is 18.1 Å². The van der Waals surface area contributed by atoms with Gasteiger partial charge in [-0.15, -0.1) is 5.10 Å². The van der Waals surface area contributed by atoms with E-state index in [1.165, 1.54) is 6.20 Å². The fourth-order valence-corrected chi connectivity index (χ4v) is 1.75. The maximum absolute atomic E-state index is 12.0. The Bertz CT molecular complexity index is 745. The molecule has 2 N–H and O–H groups in total. The van der Waals surface area contributed by atoms with E-state index in [1.54, 1.807) is 12.1 Å². The third kappa shape index (κ3) is 3.42. The molecule has 0 spiro atoms. The molecule has 0 aliphatic rings. The van der Waals surface area contributed by atoms with Gasteiger partial charge in [-0.2, -0.15) is 5.21 Å². The van der Waals surface area contributed by atoms with Gasteiger partial charge in [-0.25, -0.2) is 4.98 Å². The third-order valence-corrected chi connectivity index (χ3v) is 2.80. The lowest BCUT2D eigenvalue weighted by Gasteiger charge is -2.06. The second-order valence-electron chi connectivity index (χ2n) is 4.35. The Morgan fingerprint density at radius 1 is 1.23 bits per heavy atom. The van der Waals surface area contributed by atoms with Gasteiger partial charge in [0.25, 0.3) is 11.9 Å². The molecule has 1 amide bonds. The highest BCUT2D eigenvalue weighted by Gasteiger charge is 2.10. The van der Waals surface area contributed by atoms with Crippen molar-refractivity contribution in [2.24, 2.45) is 0 Å². The normalized spacial score (nSPS) is 10.2. The molecule has 2 heterocycles. The summed E-state index contributed by atoms with van der Waals surface area (Å²) in [7, 11) is 0. The zero-order valence-corrected chi connectivity index (χ0v) is 11.4. The van der Waals surface area contributed by atoms with Crippen LogP contribution in [0, 0.1) is 0 Å². The summed E-state index contributed by atoms with van der Waals surface area (Å²) >= 11 is 0. The molecule has 22 heavy (non-hydrogen) atoms. The van der Waals surface area contributed by atoms with E-state index in [2.05, 4.69) is 30.9 Å². The number of carbonyl (C=O) groups is 1. The lowest BCUT2D eigenvalue weighted by molar-refractivity contribution is 0.102. The number of ether oxygens (including phenoxy) is 1. The summed E-state index contributed by atoms with van der Waals surface area (Å²) in [6, 6.07) is 12.8. The lowest BCUT2D eigenvalue weighted by Crippen LogP contribution is -2.13. The van der Waals surface area contributed by atoms with E-state index < -0.39 is 0 Å². The van der Waals surface area contributed by atoms with Crippen LogP contribution in [0.25, 0.3) is 0 Å². The summed E-state index contributed by atoms with van der Waals surface area (Å²) < 4.78 is 5.58. The standard InChI is InChI=1S/C14H12N6O2/c21-13(16-14-17-19-20-18-14)11-6-7-15-12(8-11)22-9-10-4-2-1-3-5-10/h1-8H,9H2,(H2,16,17,18,19,20,21). The van der Waals surface area contributed by atoms with E-state index in [4.69, 9.17) is 4.74 Å². The average molecular weight is 296 g/mol. The second-order valence-corrected chi connectivity index (χ2v) is 4.35. The van der Waals surface area contributed by atoms with Crippen molar-refractivity contribution in [3.8, 4) is 5.88 Å². The maximum atomic E-state index is 12.0. The maximum Gasteiger partial charge on any atom is 0.270 e. The molecule has 0 atom stereocenters. The number of nitrogens with one attached hydrogen (secondary N) is 2. The Morgan fingerprint density at radius 2 is 2.09 bits per heavy atom. The van der Waals surface area contributed by atoms with Crippen LogP contribution in [0.3, 0.4) is 0 Å². The molecule has 0 saturated carbocycles. The van der Waals surface area contributed by atoms with Gasteiger partial charge in [0.15, 0.2) is 0 Å². The number of pyridine rings is 1. The molecular formula is C14H12N6O2. The van der Waals surface area contributed by atoms with Crippen LogP contribution >= 0.6 is 0 Å². The molecule has 0 aliphatic carbocycles. The predicted octanol–water partition coefficient (Wildman–Crippen LogP) is 1.43. The highest BCUT2D eigenvalue weighted by atomic mass is 16.5. The Morgan fingerprint density at radius 3 is 2.86 bits per heavy atom. The largest absolute Gasteiger partial charge is 0.473 e. The predicted molar refractivity (Wildman–Crippen MR) is 77.1 cm³/mol. The van der Waals surface area contributed by atoms with Crippen LogP contribution < -0.4 is 10.1 Å². The summed E-state index contributed by atoms with van der Waals surface area (Å²) in [5, 5.41) is 15.4. The average Bonchev–Trinajstić information content (AvgIpc) is 3.07. The highest BCUT2D eigenvalue weighted by molar-refractivity contribution is 6.03. The molecule has 2 aromatic heterocycles. The van der Waals surface area contributed by atoms with Gasteiger partial charge in [0.2, 0.25) is 5.88 Å². The van der Waals surface area contributed by atoms with Gasteiger partial charge in [0.05, 0.1) is 0 Å². The minimum absolute atomic E-state index is 0.105. The van der Waals surface area contributed by atoms with Crippen molar-refractivity contribution >= 4 is 11.9 Å². The van der Waals surface area contributed by atoms with Gasteiger partial charge in [-0.3, -0.25) is 10.1 Å². The van der Waals surface area contributed by atoms with Crippen molar-refractivity contribution in [2.75, 3.05) is 5.32 Å². The SMILES string of the molecule is O=C(Nc1nn[nH]n1)c1ccnc(OCc2ccccc2)c1. The van der Waals surface area contributed by atoms with Crippen molar-refractivity contribution in [1.29, 1.82) is 0 Å². The fraction of sp³-hybridized carbons (Fsp3) is 0.0714. The van der Waals surface area contributed by atoms with Crippen LogP contribution in [0.1, 0.15) is 15.9 Å². The molecule has 1 aromatic carbocycles. The molecule has 0 unspecified atom stereocenters. The van der Waals surface area contributed by atoms with Crippen molar-refractivity contribution < 1.29 is 9.53 Å². The first-order valence-electron chi connectivity index (χ1n) is 6.49. The van der Waals surface area contributed by atoms with Crippen LogP contribution in [-0.4, -0.2) is 31.5 Å². The molecule has 0 fully saturated rings. The molecule has 3 aromatic rings. The van der Waals surface area contributed by atoms with E-state index in [-0.39, 0.29) is 11.9 Å². The summed E-state index contributed by atoms with van der Waals surface area (Å²) in [5.74, 6) is 0.103. The number of rotatable bonds is 5. The molecule has 0 radical (unpaired) electrons. The summed E-state index contributed by atoms with van der Waals surface area (Å²) in [6.45, 7) is 0.379. The molecule has 0 bridgehead atoms. The van der Waals surface area contributed by atoms with Crippen LogP contribution in [0.5, 0.6) is 5.88 Å². The summed E-state index contributed by atoms with van der Waals surface area (Å²) in [6.07, 6.45) is 1.51. The fourth-order valence-electron chi connectivity index (χ4n) is 1.75. The lowest BCUT2D eigenvalue weighted by atomic mass is 10.2. The van der Waals surface area contributed by atoms with Crippen molar-refractivity contribution in [3.63, 3.8) is 0 Å². The van der Waals surface area contributed by atoms with Gasteiger partial charge in [0, 0.05) is 17.8 Å². The number of aromatic amines is 1. The molecule has 0 saturated heterocycles. The Kier molecular flexibility index (Phi) is 4.01. The number of H-pyrrole nitrogens is 1. The van der Waals surface area contributed by atoms with Gasteiger partial charge < -0.3 is 4.74 Å². The number of carbonyl (C=O) groups excluding carboxylic acids is 1. The minimum Gasteiger partial charge on any atom is -0.473 e. The molecule has 3 rings (SSSR count). The Hall–Kier alpha value is -3.29. The number of nitrogens with zero attached hydrogens (tertiary/aromatic N) is 4. The minimum atomic E-state index is -0.367. The van der Waals surface area contributed by atoms with Gasteiger partial charge in [-0.1, -0.05) is 35.4 Å². The molecule has 110 valence electrons. The number of benzene rings is 1. The smallest absolute Gasteiger partial charge is 0.270 e. The Labute approximate surface area is 125 Å². The first-order valence-corrected chi connectivity index (χ1v) is 6.49. The summed E-state index contributed by atoms with van der Waals surface area (Å²) in [4.78, 5) is 16.1. The van der Waals surface area contributed by atoms with Crippen LogP contribution in [-0.2, 0) is 6.61 Å². The first kappa shape index (κ1) is 13.7. The van der Waals surface area contributed by atoms with Crippen molar-refractivity contribution in [1.82, 2.24) is 25.6 Å². The first-order chi connectivity index (χ1) is 10.8. The highest BCUT2D eigenvalue weighted by Crippen LogP contribution is 2.12. The number of hydrogen-bond acceptors (Lipinski definition) is 6. The quantitative estimate of drug-likeness (QED) is 0.737. The number of aromatic nitrogens is 5. The van der Waals surface area contributed by atoms with Gasteiger partial charge in [-0.05, 0) is 16.8 Å². The van der Waals surface area contributed by atoms with Gasteiger partial charge in [0.1, 0.15) is 6.61 Å². The number of tetrazole rings is 1. The number of amides is 1. The zero-order chi connectivity index (χ0) is 15.2. The second kappa shape index (κ2) is 6.44. The van der Waals surface area contributed by atoms with E-state index in [0.717, 1.165) is 5.56 Å². The Balaban J connectivity index is 1.65. The molecular weight excluding hydrogens is 284 g/mol. The molecule has 0 aliphatic heterocycles. The molecule has 8 heteroatoms. The topological polar surface area (TPSA) is 106 Å². The number of anilines is 1. The third-order valence-electron chi connectivity index (χ3n) is 2.80.